The summed E-state index contributed by atoms with van der Waals surface area (Å²) in [6.45, 7) is 1.64. The number of carboxylic acids is 1. The van der Waals surface area contributed by atoms with Crippen LogP contribution in [-0.4, -0.2) is 20.5 Å². The monoisotopic (exact) mass is 419 g/mol. The third-order valence-corrected chi connectivity index (χ3v) is 5.26. The van der Waals surface area contributed by atoms with E-state index in [0.717, 1.165) is 22.2 Å². The number of hydrogen-bond donors (Lipinski definition) is 0. The van der Waals surface area contributed by atoms with E-state index in [-0.39, 0.29) is 40.5 Å². The third-order valence-electron chi connectivity index (χ3n) is 5.26. The number of carboxylic acid groups (broad SMARTS) is 1. The molecule has 5 nitrogen and oxygen atoms in total. The third kappa shape index (κ3) is 3.53. The number of para-hydroxylation sites is 1. The van der Waals surface area contributed by atoms with Gasteiger partial charge in [0.05, 0.1) is 22.5 Å². The average Bonchev–Trinajstić information content (AvgIpc) is 3.17. The maximum absolute atomic E-state index is 13.7. The van der Waals surface area contributed by atoms with Crippen LogP contribution in [0, 0.1) is 12.7 Å². The molecule has 146 valence electrons. The predicted octanol–water partition coefficient (Wildman–Crippen LogP) is 1.06. The molecule has 0 bridgehead atoms. The Bertz CT molecular complexity index is 1450. The molecule has 0 aliphatic heterocycles. The van der Waals surface area contributed by atoms with Crippen molar-refractivity contribution in [2.75, 3.05) is 0 Å². The SMILES string of the molecule is Cc1c(-n2cnc3c(-c4ccccc4)cccc32)nc2ccc(F)cc2c1C(=O)[O-].[Na+]. The Morgan fingerprint density at radius 1 is 1.03 bits per heavy atom. The number of aromatic nitrogens is 3. The van der Waals surface area contributed by atoms with Crippen LogP contribution in [0.1, 0.15) is 15.9 Å². The van der Waals surface area contributed by atoms with Gasteiger partial charge in [-0.05, 0) is 36.8 Å². The van der Waals surface area contributed by atoms with Crippen molar-refractivity contribution < 1.29 is 43.8 Å². The van der Waals surface area contributed by atoms with E-state index in [1.165, 1.54) is 18.2 Å². The van der Waals surface area contributed by atoms with Crippen LogP contribution < -0.4 is 34.7 Å². The molecule has 3 aromatic carbocycles. The van der Waals surface area contributed by atoms with Crippen LogP contribution in [0.2, 0.25) is 0 Å². The smallest absolute Gasteiger partial charge is 0.545 e. The Labute approximate surface area is 199 Å². The Balaban J connectivity index is 0.00000231. The molecule has 0 aliphatic rings. The van der Waals surface area contributed by atoms with Crippen molar-refractivity contribution in [3.05, 3.63) is 90.0 Å². The summed E-state index contributed by atoms with van der Waals surface area (Å²) >= 11 is 0. The van der Waals surface area contributed by atoms with Gasteiger partial charge >= 0.3 is 29.6 Å². The molecule has 2 heterocycles. The van der Waals surface area contributed by atoms with Gasteiger partial charge in [-0.2, -0.15) is 0 Å². The predicted molar refractivity (Wildman–Crippen MR) is 111 cm³/mol. The number of nitrogens with zero attached hydrogens (tertiary/aromatic N) is 3. The van der Waals surface area contributed by atoms with Gasteiger partial charge in [-0.3, -0.25) is 4.57 Å². The van der Waals surface area contributed by atoms with Crippen molar-refractivity contribution in [2.45, 2.75) is 6.92 Å². The molecule has 5 aromatic rings. The molecule has 31 heavy (non-hydrogen) atoms. The fourth-order valence-corrected chi connectivity index (χ4v) is 3.87. The standard InChI is InChI=1S/C24H16FN3O2.Na/c1-14-21(24(29)30)18-12-16(25)10-11-19(18)27-23(14)28-13-26-22-17(8-5-9-20(22)28)15-6-3-2-4-7-15;/h2-13H,1H3,(H,29,30);/q;+1/p-1. The van der Waals surface area contributed by atoms with Crippen molar-refractivity contribution in [3.8, 4) is 16.9 Å². The van der Waals surface area contributed by atoms with E-state index in [1.807, 2.05) is 48.5 Å². The van der Waals surface area contributed by atoms with Crippen LogP contribution in [0.3, 0.4) is 0 Å². The molecular weight excluding hydrogens is 404 g/mol. The summed E-state index contributed by atoms with van der Waals surface area (Å²) in [5.41, 5.74) is 4.25. The number of aromatic carboxylic acids is 1. The van der Waals surface area contributed by atoms with Crippen LogP contribution in [0.25, 0.3) is 38.9 Å². The number of carbonyl (C=O) groups is 1. The molecule has 0 aliphatic carbocycles. The zero-order valence-corrected chi connectivity index (χ0v) is 19.0. The maximum atomic E-state index is 13.7. The molecule has 2 aromatic heterocycles. The van der Waals surface area contributed by atoms with E-state index in [9.17, 15) is 14.3 Å². The van der Waals surface area contributed by atoms with Gasteiger partial charge in [-0.15, -0.1) is 0 Å². The number of benzene rings is 3. The minimum atomic E-state index is -1.37. The quantitative estimate of drug-likeness (QED) is 0.410. The summed E-state index contributed by atoms with van der Waals surface area (Å²) in [4.78, 5) is 21.1. The minimum absolute atomic E-state index is 0. The van der Waals surface area contributed by atoms with Crippen LogP contribution in [0.15, 0.2) is 73.1 Å². The Morgan fingerprint density at radius 3 is 2.55 bits per heavy atom. The topological polar surface area (TPSA) is 70.8 Å². The summed E-state index contributed by atoms with van der Waals surface area (Å²) in [7, 11) is 0. The molecular formula is C24H15FN3NaO2. The van der Waals surface area contributed by atoms with E-state index < -0.39 is 11.8 Å². The summed E-state index contributed by atoms with van der Waals surface area (Å²) in [6, 6.07) is 19.6. The molecule has 0 saturated heterocycles. The summed E-state index contributed by atoms with van der Waals surface area (Å²) in [6.07, 6.45) is 1.63. The molecule has 0 atom stereocenters. The number of rotatable bonds is 3. The molecule has 0 spiro atoms. The van der Waals surface area contributed by atoms with E-state index >= 15 is 0 Å². The summed E-state index contributed by atoms with van der Waals surface area (Å²) < 4.78 is 15.5. The van der Waals surface area contributed by atoms with Gasteiger partial charge < -0.3 is 9.90 Å². The van der Waals surface area contributed by atoms with E-state index in [2.05, 4.69) is 9.97 Å². The van der Waals surface area contributed by atoms with Crippen molar-refractivity contribution in [3.63, 3.8) is 0 Å². The molecule has 5 rings (SSSR count). The molecule has 0 unspecified atom stereocenters. The molecule has 7 heteroatoms. The second-order valence-corrected chi connectivity index (χ2v) is 7.04. The van der Waals surface area contributed by atoms with Crippen molar-refractivity contribution >= 4 is 27.9 Å². The summed E-state index contributed by atoms with van der Waals surface area (Å²) in [5.74, 6) is -1.48. The largest absolute Gasteiger partial charge is 1.00 e. The fraction of sp³-hybridized carbons (Fsp3) is 0.0417. The molecule has 0 N–H and O–H groups in total. The number of pyridine rings is 1. The maximum Gasteiger partial charge on any atom is 1.00 e. The Hall–Kier alpha value is -3.06. The van der Waals surface area contributed by atoms with Gasteiger partial charge in [0.1, 0.15) is 18.0 Å². The number of carbonyl (C=O) groups excluding carboxylic acids is 1. The Kier molecular flexibility index (Phi) is 5.62. The second kappa shape index (κ2) is 8.23. The van der Waals surface area contributed by atoms with E-state index in [4.69, 9.17) is 0 Å². The number of hydrogen-bond acceptors (Lipinski definition) is 4. The van der Waals surface area contributed by atoms with Crippen LogP contribution in [-0.2, 0) is 0 Å². The molecule has 0 saturated carbocycles. The van der Waals surface area contributed by atoms with Gasteiger partial charge in [0, 0.05) is 22.1 Å². The van der Waals surface area contributed by atoms with E-state index in [1.54, 1.807) is 17.8 Å². The average molecular weight is 419 g/mol. The first-order valence-corrected chi connectivity index (χ1v) is 9.37. The van der Waals surface area contributed by atoms with Crippen LogP contribution in [0.4, 0.5) is 4.39 Å². The number of imidazole rings is 1. The van der Waals surface area contributed by atoms with Gasteiger partial charge in [-0.1, -0.05) is 42.5 Å². The van der Waals surface area contributed by atoms with Crippen LogP contribution >= 0.6 is 0 Å². The van der Waals surface area contributed by atoms with Crippen molar-refractivity contribution in [1.82, 2.24) is 14.5 Å². The first kappa shape index (κ1) is 21.2. The summed E-state index contributed by atoms with van der Waals surface area (Å²) in [5, 5.41) is 12.1. The first-order chi connectivity index (χ1) is 14.5. The zero-order valence-electron chi connectivity index (χ0n) is 17.0. The zero-order chi connectivity index (χ0) is 20.8. The van der Waals surface area contributed by atoms with Gasteiger partial charge in [0.2, 0.25) is 0 Å². The fourth-order valence-electron chi connectivity index (χ4n) is 3.87. The molecule has 0 amide bonds. The van der Waals surface area contributed by atoms with Crippen molar-refractivity contribution in [1.29, 1.82) is 0 Å². The van der Waals surface area contributed by atoms with Crippen LogP contribution in [0.5, 0.6) is 0 Å². The second-order valence-electron chi connectivity index (χ2n) is 7.04. The number of fused-ring (bicyclic) bond motifs is 2. The van der Waals surface area contributed by atoms with Gasteiger partial charge in [0.25, 0.3) is 0 Å². The normalized spacial score (nSPS) is 10.9. The molecule has 0 fully saturated rings. The van der Waals surface area contributed by atoms with Crippen molar-refractivity contribution in [2.24, 2.45) is 0 Å². The number of halogens is 1. The van der Waals surface area contributed by atoms with Gasteiger partial charge in [-0.25, -0.2) is 14.4 Å². The minimum Gasteiger partial charge on any atom is -0.545 e. The first-order valence-electron chi connectivity index (χ1n) is 9.37. The van der Waals surface area contributed by atoms with Gasteiger partial charge in [0.15, 0.2) is 0 Å². The molecule has 0 radical (unpaired) electrons. The Morgan fingerprint density at radius 2 is 1.81 bits per heavy atom. The van der Waals surface area contributed by atoms with E-state index in [0.29, 0.717) is 16.9 Å².